The molecule has 4 rings (SSSR count). The Hall–Kier alpha value is -4.49. The topological polar surface area (TPSA) is 199 Å². The molecule has 0 atom stereocenters. The number of aromatic nitrogens is 4. The maximum absolute atomic E-state index is 11.4. The number of nitrogen functional groups attached to an aromatic ring is 1. The highest BCUT2D eigenvalue weighted by molar-refractivity contribution is 7.89. The maximum Gasteiger partial charge on any atom is 0.328 e. The summed E-state index contributed by atoms with van der Waals surface area (Å²) in [6, 6.07) is 12.5. The molecule has 2 aromatic carbocycles. The summed E-state index contributed by atoms with van der Waals surface area (Å²) in [5, 5.41) is 17.5. The van der Waals surface area contributed by atoms with Gasteiger partial charge in [0, 0.05) is 28.4 Å². The predicted molar refractivity (Wildman–Crippen MR) is 120 cm³/mol. The smallest absolute Gasteiger partial charge is 0.328 e. The highest BCUT2D eigenvalue weighted by atomic mass is 32.2. The lowest BCUT2D eigenvalue weighted by molar-refractivity contribution is -0.131. The summed E-state index contributed by atoms with van der Waals surface area (Å²) < 4.78 is 28.5. The molecule has 0 radical (unpaired) electrons. The number of aromatic amines is 1. The first kappa shape index (κ1) is 21.7. The molecule has 0 amide bonds. The summed E-state index contributed by atoms with van der Waals surface area (Å²) in [5.74, 6) is -0.628. The molecule has 0 aliphatic heterocycles. The van der Waals surface area contributed by atoms with Gasteiger partial charge in [-0.25, -0.2) is 18.4 Å². The number of benzene rings is 2. The lowest BCUT2D eigenvalue weighted by Gasteiger charge is -2.08. The number of hydrogen-bond donors (Lipinski definition) is 5. The van der Waals surface area contributed by atoms with Crippen molar-refractivity contribution in [3.8, 4) is 11.8 Å². The summed E-state index contributed by atoms with van der Waals surface area (Å²) in [4.78, 5) is 25.9. The van der Waals surface area contributed by atoms with E-state index in [1.54, 1.807) is 24.3 Å². The average Bonchev–Trinajstić information content (AvgIpc) is 3.14. The van der Waals surface area contributed by atoms with Gasteiger partial charge in [-0.05, 0) is 54.6 Å². The van der Waals surface area contributed by atoms with Crippen molar-refractivity contribution in [3.63, 3.8) is 0 Å². The molecule has 0 aliphatic carbocycles. The maximum atomic E-state index is 11.4. The summed E-state index contributed by atoms with van der Waals surface area (Å²) >= 11 is 0. The van der Waals surface area contributed by atoms with Crippen molar-refractivity contribution in [1.29, 1.82) is 0 Å². The Balaban J connectivity index is 1.54. The summed E-state index contributed by atoms with van der Waals surface area (Å²) in [6.07, 6.45) is 2.48. The van der Waals surface area contributed by atoms with E-state index in [0.29, 0.717) is 17.1 Å². The van der Waals surface area contributed by atoms with Crippen LogP contribution in [0.25, 0.3) is 17.0 Å². The average molecular weight is 467 g/mol. The zero-order chi connectivity index (χ0) is 23.6. The van der Waals surface area contributed by atoms with Crippen molar-refractivity contribution >= 4 is 50.6 Å². The van der Waals surface area contributed by atoms with Crippen LogP contribution >= 0.6 is 0 Å². The summed E-state index contributed by atoms with van der Waals surface area (Å²) in [5.41, 5.74) is 7.66. The van der Waals surface area contributed by atoms with Crippen LogP contribution in [0.4, 0.5) is 17.6 Å². The Morgan fingerprint density at radius 1 is 1.09 bits per heavy atom. The molecule has 0 saturated carbocycles. The van der Waals surface area contributed by atoms with Gasteiger partial charge in [0.25, 0.3) is 0 Å². The molecule has 0 fully saturated rings. The van der Waals surface area contributed by atoms with Gasteiger partial charge < -0.3 is 25.9 Å². The number of fused-ring (bicyclic) bond motifs is 1. The molecule has 0 saturated heterocycles. The number of hydrogen-bond acceptors (Lipinski definition) is 9. The molecule has 0 bridgehead atoms. The normalized spacial score (nSPS) is 11.7. The third-order valence-corrected chi connectivity index (χ3v) is 5.23. The van der Waals surface area contributed by atoms with Gasteiger partial charge in [-0.2, -0.15) is 15.0 Å². The second kappa shape index (κ2) is 8.57. The number of nitrogens with two attached hydrogens (primary N) is 2. The summed E-state index contributed by atoms with van der Waals surface area (Å²) in [6.45, 7) is 0. The minimum atomic E-state index is -3.80. The molecule has 168 valence electrons. The van der Waals surface area contributed by atoms with Crippen molar-refractivity contribution in [2.45, 2.75) is 4.90 Å². The number of carboxylic acids is 1. The second-order valence-electron chi connectivity index (χ2n) is 6.74. The second-order valence-corrected chi connectivity index (χ2v) is 8.30. The predicted octanol–water partition coefficient (Wildman–Crippen LogP) is 2.22. The van der Waals surface area contributed by atoms with E-state index in [4.69, 9.17) is 20.7 Å². The van der Waals surface area contributed by atoms with Crippen LogP contribution in [0.1, 0.15) is 5.69 Å². The van der Waals surface area contributed by atoms with Crippen molar-refractivity contribution in [2.75, 3.05) is 11.1 Å². The highest BCUT2D eigenvalue weighted by Crippen LogP contribution is 2.26. The van der Waals surface area contributed by atoms with Crippen molar-refractivity contribution in [2.24, 2.45) is 5.14 Å². The molecule has 0 aliphatic rings. The number of ether oxygens (including phenoxy) is 1. The van der Waals surface area contributed by atoms with Crippen LogP contribution in [0.2, 0.25) is 0 Å². The van der Waals surface area contributed by atoms with E-state index in [0.717, 1.165) is 17.0 Å². The molecule has 0 unspecified atom stereocenters. The molecule has 33 heavy (non-hydrogen) atoms. The number of anilines is 3. The van der Waals surface area contributed by atoms with E-state index in [-0.39, 0.29) is 22.8 Å². The number of carboxylic acid groups (broad SMARTS) is 1. The first-order chi connectivity index (χ1) is 15.7. The van der Waals surface area contributed by atoms with E-state index in [2.05, 4.69) is 25.3 Å². The first-order valence-electron chi connectivity index (χ1n) is 9.29. The summed E-state index contributed by atoms with van der Waals surface area (Å²) in [7, 11) is -3.80. The molecule has 0 spiro atoms. The standard InChI is InChI=1S/C20H17N7O5S/c21-18-25-19(24-12-1-5-15(6-2-12)33(22,30)31)27-20(26-18)32-14-4-7-16-11(10-14)9-13(23-16)3-8-17(28)29/h1-10,23H,(H,28,29)(H2,22,30,31)(H3,21,24,25,26,27)/b8-3+. The highest BCUT2D eigenvalue weighted by Gasteiger charge is 2.10. The fourth-order valence-electron chi connectivity index (χ4n) is 2.88. The molecule has 13 heteroatoms. The fourth-order valence-corrected chi connectivity index (χ4v) is 3.40. The Bertz CT molecular complexity index is 1480. The minimum Gasteiger partial charge on any atom is -0.478 e. The first-order valence-corrected chi connectivity index (χ1v) is 10.8. The lowest BCUT2D eigenvalue weighted by atomic mass is 10.2. The van der Waals surface area contributed by atoms with Crippen molar-refractivity contribution < 1.29 is 23.1 Å². The van der Waals surface area contributed by atoms with Crippen molar-refractivity contribution in [3.05, 3.63) is 60.3 Å². The molecule has 2 aromatic heterocycles. The van der Waals surface area contributed by atoms with E-state index >= 15 is 0 Å². The van der Waals surface area contributed by atoms with E-state index in [1.807, 2.05) is 0 Å². The molecule has 4 aromatic rings. The van der Waals surface area contributed by atoms with Crippen LogP contribution in [-0.2, 0) is 14.8 Å². The van der Waals surface area contributed by atoms with Crippen LogP contribution < -0.4 is 20.9 Å². The largest absolute Gasteiger partial charge is 0.478 e. The van der Waals surface area contributed by atoms with Gasteiger partial charge in [0.1, 0.15) is 5.75 Å². The van der Waals surface area contributed by atoms with Crippen LogP contribution in [-0.4, -0.2) is 39.4 Å². The van der Waals surface area contributed by atoms with E-state index in [1.165, 1.54) is 30.3 Å². The fraction of sp³-hybridized carbons (Fsp3) is 0. The monoisotopic (exact) mass is 467 g/mol. The van der Waals surface area contributed by atoms with Gasteiger partial charge in [0.05, 0.1) is 4.90 Å². The zero-order valence-corrected chi connectivity index (χ0v) is 17.6. The number of aliphatic carboxylic acids is 1. The van der Waals surface area contributed by atoms with E-state index in [9.17, 15) is 13.2 Å². The number of primary sulfonamides is 1. The van der Waals surface area contributed by atoms with Crippen LogP contribution in [0, 0.1) is 0 Å². The Labute approximate surface area is 187 Å². The van der Waals surface area contributed by atoms with Crippen LogP contribution in [0.5, 0.6) is 11.8 Å². The van der Waals surface area contributed by atoms with Crippen LogP contribution in [0.15, 0.2) is 59.5 Å². The van der Waals surface area contributed by atoms with Crippen LogP contribution in [0.3, 0.4) is 0 Å². The van der Waals surface area contributed by atoms with Gasteiger partial charge in [-0.15, -0.1) is 0 Å². The van der Waals surface area contributed by atoms with Gasteiger partial charge in [0.15, 0.2) is 0 Å². The van der Waals surface area contributed by atoms with Gasteiger partial charge in [-0.1, -0.05) is 0 Å². The number of nitrogens with zero attached hydrogens (tertiary/aromatic N) is 3. The molecular weight excluding hydrogens is 450 g/mol. The Morgan fingerprint density at radius 2 is 1.85 bits per heavy atom. The molecule has 2 heterocycles. The third kappa shape index (κ3) is 5.41. The molecule has 7 N–H and O–H groups in total. The Kier molecular flexibility index (Phi) is 5.64. The number of carbonyl (C=O) groups is 1. The number of H-pyrrole nitrogens is 1. The third-order valence-electron chi connectivity index (χ3n) is 4.30. The number of sulfonamides is 1. The molecular formula is C20H17N7O5S. The number of nitrogens with one attached hydrogen (secondary N) is 2. The van der Waals surface area contributed by atoms with Gasteiger partial charge in [-0.3, -0.25) is 0 Å². The van der Waals surface area contributed by atoms with E-state index < -0.39 is 16.0 Å². The molecule has 12 nitrogen and oxygen atoms in total. The van der Waals surface area contributed by atoms with Crippen molar-refractivity contribution in [1.82, 2.24) is 19.9 Å². The SMILES string of the molecule is Nc1nc(Nc2ccc(S(N)(=O)=O)cc2)nc(Oc2ccc3[nH]c(/C=C/C(=O)O)cc3c2)n1. The minimum absolute atomic E-state index is 0.0333. The number of rotatable bonds is 7. The Morgan fingerprint density at radius 3 is 2.55 bits per heavy atom. The van der Waals surface area contributed by atoms with Gasteiger partial charge >= 0.3 is 12.0 Å². The zero-order valence-electron chi connectivity index (χ0n) is 16.8. The van der Waals surface area contributed by atoms with Gasteiger partial charge in [0.2, 0.25) is 21.9 Å². The quantitative estimate of drug-likeness (QED) is 0.251. The lowest BCUT2D eigenvalue weighted by Crippen LogP contribution is -2.12.